The minimum absolute atomic E-state index is 0.0470. The monoisotopic (exact) mass is 387 g/mol. The van der Waals surface area contributed by atoms with Crippen molar-refractivity contribution in [3.8, 4) is 17.6 Å². The minimum Gasteiger partial charge on any atom is -0.503 e. The molecule has 1 aromatic heterocycles. The fourth-order valence-electron chi connectivity index (χ4n) is 1.93. The van der Waals surface area contributed by atoms with E-state index in [0.29, 0.717) is 10.0 Å². The van der Waals surface area contributed by atoms with E-state index in [1.165, 1.54) is 19.3 Å². The van der Waals surface area contributed by atoms with Gasteiger partial charge in [-0.2, -0.15) is 5.26 Å². The largest absolute Gasteiger partial charge is 0.503 e. The molecule has 0 atom stereocenters. The molecule has 0 radical (unpaired) electrons. The van der Waals surface area contributed by atoms with Gasteiger partial charge < -0.3 is 15.2 Å². The number of nitriles is 1. The van der Waals surface area contributed by atoms with Crippen LogP contribution < -0.4 is 10.1 Å². The summed E-state index contributed by atoms with van der Waals surface area (Å²) in [5, 5.41) is 21.7. The van der Waals surface area contributed by atoms with E-state index in [1.807, 2.05) is 12.1 Å². The van der Waals surface area contributed by atoms with Gasteiger partial charge in [0, 0.05) is 18.9 Å². The number of hydrogen-bond donors (Lipinski definition) is 2. The number of rotatable bonds is 5. The van der Waals surface area contributed by atoms with Crippen LogP contribution in [-0.2, 0) is 11.3 Å². The Kier molecular flexibility index (Phi) is 5.93. The highest BCUT2D eigenvalue weighted by Crippen LogP contribution is 2.35. The molecule has 1 aromatic carbocycles. The van der Waals surface area contributed by atoms with Crippen LogP contribution in [0.3, 0.4) is 0 Å². The fraction of sp³-hybridized carbons (Fsp3) is 0.118. The summed E-state index contributed by atoms with van der Waals surface area (Å²) in [4.78, 5) is 16.1. The summed E-state index contributed by atoms with van der Waals surface area (Å²) < 4.78 is 5.45. The average molecular weight is 388 g/mol. The van der Waals surface area contributed by atoms with Crippen LogP contribution in [0, 0.1) is 11.3 Å². The van der Waals surface area contributed by atoms with E-state index in [9.17, 15) is 15.2 Å². The third kappa shape index (κ3) is 4.33. The minimum atomic E-state index is -0.496. The molecule has 0 aliphatic heterocycles. The lowest BCUT2D eigenvalue weighted by molar-refractivity contribution is -0.117. The Balaban J connectivity index is 2.18. The molecular weight excluding hydrogens is 374 g/mol. The van der Waals surface area contributed by atoms with Gasteiger partial charge in [-0.25, -0.2) is 0 Å². The van der Waals surface area contributed by atoms with Crippen LogP contribution in [-0.4, -0.2) is 23.1 Å². The SMILES string of the molecule is COc1cc(/C=C(\C#N)C(=O)NCc2cccnc2)cc(Br)c1O. The maximum atomic E-state index is 12.1. The maximum absolute atomic E-state index is 12.1. The molecule has 0 aliphatic carbocycles. The smallest absolute Gasteiger partial charge is 0.262 e. The number of amides is 1. The molecule has 0 aliphatic rings. The normalized spacial score (nSPS) is 10.8. The Morgan fingerprint density at radius 1 is 1.54 bits per heavy atom. The number of phenolic OH excluding ortho intramolecular Hbond substituents is 1. The second kappa shape index (κ2) is 8.13. The second-order valence-corrected chi connectivity index (χ2v) is 5.62. The highest BCUT2D eigenvalue weighted by molar-refractivity contribution is 9.10. The highest BCUT2D eigenvalue weighted by Gasteiger charge is 2.12. The molecule has 0 fully saturated rings. The first kappa shape index (κ1) is 17.5. The highest BCUT2D eigenvalue weighted by atomic mass is 79.9. The van der Waals surface area contributed by atoms with Crippen LogP contribution in [0.5, 0.6) is 11.5 Å². The standard InChI is InChI=1S/C17H14BrN3O3/c1-24-15-7-12(6-14(18)16(15)22)5-13(8-19)17(23)21-10-11-3-2-4-20-9-11/h2-7,9,22H,10H2,1H3,(H,21,23)/b13-5+. The Morgan fingerprint density at radius 3 is 2.96 bits per heavy atom. The topological polar surface area (TPSA) is 95.2 Å². The molecule has 2 aromatic rings. The molecule has 0 saturated carbocycles. The Hall–Kier alpha value is -2.85. The number of nitrogens with one attached hydrogen (secondary N) is 1. The van der Waals surface area contributed by atoms with Crippen molar-refractivity contribution in [2.75, 3.05) is 7.11 Å². The molecule has 122 valence electrons. The van der Waals surface area contributed by atoms with Crippen molar-refractivity contribution in [3.63, 3.8) is 0 Å². The number of pyridine rings is 1. The van der Waals surface area contributed by atoms with E-state index in [2.05, 4.69) is 26.2 Å². The van der Waals surface area contributed by atoms with Gasteiger partial charge in [-0.15, -0.1) is 0 Å². The van der Waals surface area contributed by atoms with Gasteiger partial charge in [-0.1, -0.05) is 6.07 Å². The maximum Gasteiger partial charge on any atom is 0.262 e. The first-order valence-corrected chi connectivity index (χ1v) is 7.70. The van der Waals surface area contributed by atoms with Crippen molar-refractivity contribution in [2.45, 2.75) is 6.54 Å². The van der Waals surface area contributed by atoms with Gasteiger partial charge in [-0.3, -0.25) is 9.78 Å². The van der Waals surface area contributed by atoms with Crippen LogP contribution in [0.15, 0.2) is 46.7 Å². The van der Waals surface area contributed by atoms with Gasteiger partial charge in [0.25, 0.3) is 5.91 Å². The molecule has 7 heteroatoms. The molecule has 0 spiro atoms. The molecule has 0 saturated heterocycles. The number of aromatic hydroxyl groups is 1. The van der Waals surface area contributed by atoms with Crippen LogP contribution in [0.4, 0.5) is 0 Å². The molecule has 2 rings (SSSR count). The molecule has 6 nitrogen and oxygen atoms in total. The van der Waals surface area contributed by atoms with Gasteiger partial charge in [-0.05, 0) is 51.3 Å². The van der Waals surface area contributed by atoms with Gasteiger partial charge in [0.1, 0.15) is 11.6 Å². The summed E-state index contributed by atoms with van der Waals surface area (Å²) in [5.41, 5.74) is 1.32. The van der Waals surface area contributed by atoms with Crippen molar-refractivity contribution in [2.24, 2.45) is 0 Å². The number of ether oxygens (including phenoxy) is 1. The van der Waals surface area contributed by atoms with Gasteiger partial charge in [0.15, 0.2) is 11.5 Å². The molecular formula is C17H14BrN3O3. The third-order valence-electron chi connectivity index (χ3n) is 3.12. The van der Waals surface area contributed by atoms with Gasteiger partial charge >= 0.3 is 0 Å². The van der Waals surface area contributed by atoms with Crippen LogP contribution >= 0.6 is 15.9 Å². The number of aromatic nitrogens is 1. The average Bonchev–Trinajstić information content (AvgIpc) is 2.61. The lowest BCUT2D eigenvalue weighted by atomic mass is 10.1. The number of nitrogens with zero attached hydrogens (tertiary/aromatic N) is 2. The van der Waals surface area contributed by atoms with Crippen molar-refractivity contribution < 1.29 is 14.6 Å². The zero-order chi connectivity index (χ0) is 17.5. The lowest BCUT2D eigenvalue weighted by Crippen LogP contribution is -2.24. The quantitative estimate of drug-likeness (QED) is 0.607. The van der Waals surface area contributed by atoms with E-state index in [0.717, 1.165) is 5.56 Å². The van der Waals surface area contributed by atoms with E-state index >= 15 is 0 Å². The van der Waals surface area contributed by atoms with Crippen molar-refractivity contribution in [1.82, 2.24) is 10.3 Å². The summed E-state index contributed by atoms with van der Waals surface area (Å²) in [7, 11) is 1.42. The molecule has 1 amide bonds. The van der Waals surface area contributed by atoms with E-state index in [1.54, 1.807) is 24.5 Å². The zero-order valence-corrected chi connectivity index (χ0v) is 14.4. The first-order chi connectivity index (χ1) is 11.5. The Morgan fingerprint density at radius 2 is 2.33 bits per heavy atom. The number of benzene rings is 1. The molecule has 24 heavy (non-hydrogen) atoms. The van der Waals surface area contributed by atoms with E-state index < -0.39 is 5.91 Å². The van der Waals surface area contributed by atoms with Crippen LogP contribution in [0.2, 0.25) is 0 Å². The predicted octanol–water partition coefficient (Wildman–Crippen LogP) is 2.78. The van der Waals surface area contributed by atoms with Gasteiger partial charge in [0.2, 0.25) is 0 Å². The summed E-state index contributed by atoms with van der Waals surface area (Å²) in [6.45, 7) is 0.272. The number of methoxy groups -OCH3 is 1. The summed E-state index contributed by atoms with van der Waals surface area (Å²) in [5.74, 6) is -0.303. The Labute approximate surface area is 147 Å². The Bertz CT molecular complexity index is 814. The summed E-state index contributed by atoms with van der Waals surface area (Å²) >= 11 is 3.20. The number of carbonyl (C=O) groups excluding carboxylic acids is 1. The molecule has 0 unspecified atom stereocenters. The van der Waals surface area contributed by atoms with Crippen LogP contribution in [0.1, 0.15) is 11.1 Å². The molecule has 2 N–H and O–H groups in total. The van der Waals surface area contributed by atoms with E-state index in [-0.39, 0.29) is 23.6 Å². The van der Waals surface area contributed by atoms with Crippen LogP contribution in [0.25, 0.3) is 6.08 Å². The molecule has 0 bridgehead atoms. The number of hydrogen-bond acceptors (Lipinski definition) is 5. The number of halogens is 1. The summed E-state index contributed by atoms with van der Waals surface area (Å²) in [6, 6.07) is 8.58. The third-order valence-corrected chi connectivity index (χ3v) is 3.73. The van der Waals surface area contributed by atoms with Crippen molar-refractivity contribution in [3.05, 3.63) is 57.8 Å². The lowest BCUT2D eigenvalue weighted by Gasteiger charge is -2.07. The number of carbonyl (C=O) groups is 1. The number of phenols is 1. The van der Waals surface area contributed by atoms with Crippen molar-refractivity contribution >= 4 is 27.9 Å². The second-order valence-electron chi connectivity index (χ2n) is 4.77. The zero-order valence-electron chi connectivity index (χ0n) is 12.8. The van der Waals surface area contributed by atoms with E-state index in [4.69, 9.17) is 4.74 Å². The van der Waals surface area contributed by atoms with Crippen molar-refractivity contribution in [1.29, 1.82) is 5.26 Å². The first-order valence-electron chi connectivity index (χ1n) is 6.90. The molecule has 1 heterocycles. The fourth-order valence-corrected chi connectivity index (χ4v) is 2.39. The predicted molar refractivity (Wildman–Crippen MR) is 92.0 cm³/mol. The van der Waals surface area contributed by atoms with Gasteiger partial charge in [0.05, 0.1) is 11.6 Å². The summed E-state index contributed by atoms with van der Waals surface area (Å²) in [6.07, 6.45) is 4.70.